The second-order valence-corrected chi connectivity index (χ2v) is 4.87. The molecule has 0 aliphatic heterocycles. The van der Waals surface area contributed by atoms with Gasteiger partial charge in [0, 0.05) is 5.02 Å². The predicted molar refractivity (Wildman–Crippen MR) is 80.6 cm³/mol. The van der Waals surface area contributed by atoms with Crippen molar-refractivity contribution >= 4 is 17.6 Å². The van der Waals surface area contributed by atoms with Gasteiger partial charge in [0.25, 0.3) is 0 Å². The first-order valence-corrected chi connectivity index (χ1v) is 6.79. The van der Waals surface area contributed by atoms with E-state index in [0.717, 1.165) is 11.3 Å². The van der Waals surface area contributed by atoms with Gasteiger partial charge in [0.1, 0.15) is 24.7 Å². The van der Waals surface area contributed by atoms with E-state index in [1.165, 1.54) is 12.1 Å². The molecule has 2 rings (SSSR count). The predicted octanol–water partition coefficient (Wildman–Crippen LogP) is 3.80. The van der Waals surface area contributed by atoms with Crippen molar-refractivity contribution in [1.29, 1.82) is 0 Å². The van der Waals surface area contributed by atoms with Crippen molar-refractivity contribution in [3.63, 3.8) is 0 Å². The summed E-state index contributed by atoms with van der Waals surface area (Å²) in [5.74, 6) is 0.420. The smallest absolute Gasteiger partial charge is 0.335 e. The van der Waals surface area contributed by atoms with Gasteiger partial charge >= 0.3 is 5.97 Å². The molecule has 0 saturated heterocycles. The highest BCUT2D eigenvalue weighted by Crippen LogP contribution is 2.21. The molecule has 0 heterocycles. The monoisotopic (exact) mass is 306 g/mol. The molecule has 0 radical (unpaired) electrons. The molecule has 0 atom stereocenters. The molecule has 0 spiro atoms. The van der Waals surface area contributed by atoms with E-state index in [-0.39, 0.29) is 5.56 Å². The zero-order chi connectivity index (χ0) is 15.2. The molecule has 0 aliphatic carbocycles. The van der Waals surface area contributed by atoms with Crippen LogP contribution in [0.5, 0.6) is 11.5 Å². The maximum Gasteiger partial charge on any atom is 0.335 e. The number of benzene rings is 2. The van der Waals surface area contributed by atoms with E-state index in [1.807, 2.05) is 19.1 Å². The van der Waals surface area contributed by atoms with Crippen molar-refractivity contribution in [3.8, 4) is 11.5 Å². The van der Waals surface area contributed by atoms with Crippen LogP contribution in [0.2, 0.25) is 5.02 Å². The summed E-state index contributed by atoms with van der Waals surface area (Å²) in [6.45, 7) is 2.68. The summed E-state index contributed by atoms with van der Waals surface area (Å²) in [6, 6.07) is 11.7. The van der Waals surface area contributed by atoms with Crippen molar-refractivity contribution in [1.82, 2.24) is 0 Å². The van der Waals surface area contributed by atoms with E-state index >= 15 is 0 Å². The van der Waals surface area contributed by atoms with Crippen molar-refractivity contribution in [2.24, 2.45) is 0 Å². The minimum absolute atomic E-state index is 0.232. The molecule has 0 unspecified atom stereocenters. The molecule has 2 aromatic carbocycles. The van der Waals surface area contributed by atoms with Crippen LogP contribution >= 0.6 is 11.6 Å². The fourth-order valence-corrected chi connectivity index (χ4v) is 2.01. The van der Waals surface area contributed by atoms with E-state index in [9.17, 15) is 4.79 Å². The van der Waals surface area contributed by atoms with Gasteiger partial charge in [-0.2, -0.15) is 0 Å². The Morgan fingerprint density at radius 2 is 1.76 bits per heavy atom. The molecule has 0 saturated carbocycles. The number of hydrogen-bond donors (Lipinski definition) is 1. The van der Waals surface area contributed by atoms with Crippen molar-refractivity contribution in [2.45, 2.75) is 6.92 Å². The van der Waals surface area contributed by atoms with Crippen LogP contribution in [0.1, 0.15) is 15.9 Å². The lowest BCUT2D eigenvalue weighted by molar-refractivity contribution is 0.0697. The average Bonchev–Trinajstić information content (AvgIpc) is 2.46. The third-order valence-electron chi connectivity index (χ3n) is 2.85. The number of aromatic carboxylic acids is 1. The van der Waals surface area contributed by atoms with Gasteiger partial charge < -0.3 is 14.6 Å². The molecule has 5 heteroatoms. The van der Waals surface area contributed by atoms with Crippen LogP contribution in [0.3, 0.4) is 0 Å². The first-order valence-electron chi connectivity index (χ1n) is 6.41. The van der Waals surface area contributed by atoms with Gasteiger partial charge in [-0.3, -0.25) is 0 Å². The summed E-state index contributed by atoms with van der Waals surface area (Å²) in [5, 5.41) is 9.47. The maximum absolute atomic E-state index is 10.7. The van der Waals surface area contributed by atoms with Gasteiger partial charge in [-0.1, -0.05) is 11.6 Å². The highest BCUT2D eigenvalue weighted by molar-refractivity contribution is 6.30. The van der Waals surface area contributed by atoms with Crippen molar-refractivity contribution in [2.75, 3.05) is 13.2 Å². The summed E-state index contributed by atoms with van der Waals surface area (Å²) in [7, 11) is 0. The molecule has 110 valence electrons. The number of carbonyl (C=O) groups is 1. The summed E-state index contributed by atoms with van der Waals surface area (Å²) in [6.07, 6.45) is 0. The minimum atomic E-state index is -0.955. The Morgan fingerprint density at radius 1 is 1.10 bits per heavy atom. The molecule has 0 bridgehead atoms. The highest BCUT2D eigenvalue weighted by Gasteiger charge is 2.03. The Balaban J connectivity index is 1.80. The Labute approximate surface area is 127 Å². The largest absolute Gasteiger partial charge is 0.490 e. The van der Waals surface area contributed by atoms with Crippen LogP contribution < -0.4 is 9.47 Å². The van der Waals surface area contributed by atoms with Crippen LogP contribution in [-0.2, 0) is 0 Å². The first kappa shape index (κ1) is 15.2. The molecule has 2 aromatic rings. The average molecular weight is 307 g/mol. The Bertz CT molecular complexity index is 623. The van der Waals surface area contributed by atoms with E-state index in [2.05, 4.69) is 0 Å². The summed E-state index contributed by atoms with van der Waals surface area (Å²) >= 11 is 5.87. The molecule has 1 N–H and O–H groups in total. The van der Waals surface area contributed by atoms with Crippen LogP contribution in [-0.4, -0.2) is 24.3 Å². The first-order chi connectivity index (χ1) is 10.1. The summed E-state index contributed by atoms with van der Waals surface area (Å²) in [5.41, 5.74) is 1.20. The number of carboxylic acids is 1. The summed E-state index contributed by atoms with van der Waals surface area (Å²) in [4.78, 5) is 10.7. The third kappa shape index (κ3) is 4.39. The molecule has 4 nitrogen and oxygen atoms in total. The number of hydrogen-bond acceptors (Lipinski definition) is 3. The van der Waals surface area contributed by atoms with Crippen molar-refractivity contribution in [3.05, 3.63) is 58.6 Å². The van der Waals surface area contributed by atoms with E-state index in [0.29, 0.717) is 24.0 Å². The van der Waals surface area contributed by atoms with Gasteiger partial charge in [-0.25, -0.2) is 4.79 Å². The fraction of sp³-hybridized carbons (Fsp3) is 0.188. The topological polar surface area (TPSA) is 55.8 Å². The van der Waals surface area contributed by atoms with Gasteiger partial charge in [-0.05, 0) is 55.0 Å². The van der Waals surface area contributed by atoms with E-state index in [1.54, 1.807) is 18.2 Å². The second-order valence-electron chi connectivity index (χ2n) is 4.44. The molecule has 0 aromatic heterocycles. The van der Waals surface area contributed by atoms with E-state index in [4.69, 9.17) is 26.2 Å². The van der Waals surface area contributed by atoms with Gasteiger partial charge in [0.15, 0.2) is 0 Å². The van der Waals surface area contributed by atoms with Crippen LogP contribution in [0.4, 0.5) is 0 Å². The molecule has 0 fully saturated rings. The zero-order valence-corrected chi connectivity index (χ0v) is 12.3. The minimum Gasteiger partial charge on any atom is -0.490 e. The normalized spacial score (nSPS) is 10.2. The number of carboxylic acid groups (broad SMARTS) is 1. The lowest BCUT2D eigenvalue weighted by Crippen LogP contribution is -2.09. The van der Waals surface area contributed by atoms with Crippen LogP contribution in [0.15, 0.2) is 42.5 Å². The molecule has 0 aliphatic rings. The van der Waals surface area contributed by atoms with Gasteiger partial charge in [-0.15, -0.1) is 0 Å². The van der Waals surface area contributed by atoms with Crippen LogP contribution in [0, 0.1) is 6.92 Å². The quantitative estimate of drug-likeness (QED) is 0.825. The van der Waals surface area contributed by atoms with Gasteiger partial charge in [0.2, 0.25) is 0 Å². The lowest BCUT2D eigenvalue weighted by atomic mass is 10.2. The SMILES string of the molecule is Cc1cc(Cl)ccc1OCCOc1ccc(C(=O)O)cc1. The molecular formula is C16H15ClO4. The zero-order valence-electron chi connectivity index (χ0n) is 11.5. The summed E-state index contributed by atoms with van der Waals surface area (Å²) < 4.78 is 11.1. The highest BCUT2D eigenvalue weighted by atomic mass is 35.5. The lowest BCUT2D eigenvalue weighted by Gasteiger charge is -2.10. The Morgan fingerprint density at radius 3 is 2.38 bits per heavy atom. The van der Waals surface area contributed by atoms with Crippen molar-refractivity contribution < 1.29 is 19.4 Å². The molecular weight excluding hydrogens is 292 g/mol. The number of aryl methyl sites for hydroxylation is 1. The maximum atomic E-state index is 10.7. The number of halogens is 1. The molecule has 0 amide bonds. The second kappa shape index (κ2) is 6.99. The molecule has 21 heavy (non-hydrogen) atoms. The van der Waals surface area contributed by atoms with E-state index < -0.39 is 5.97 Å². The number of rotatable bonds is 6. The van der Waals surface area contributed by atoms with Crippen LogP contribution in [0.25, 0.3) is 0 Å². The Hall–Kier alpha value is -2.20. The fourth-order valence-electron chi connectivity index (χ4n) is 1.78. The number of ether oxygens (including phenoxy) is 2. The third-order valence-corrected chi connectivity index (χ3v) is 3.08. The standard InChI is InChI=1S/C16H15ClO4/c1-11-10-13(17)4-7-15(11)21-9-8-20-14-5-2-12(3-6-14)16(18)19/h2-7,10H,8-9H2,1H3,(H,18,19). The Kier molecular flexibility index (Phi) is 5.06. The van der Waals surface area contributed by atoms with Gasteiger partial charge in [0.05, 0.1) is 5.56 Å².